The largest absolute Gasteiger partial charge is 0.301 e. The quantitative estimate of drug-likeness (QED) is 0.677. The summed E-state index contributed by atoms with van der Waals surface area (Å²) in [5, 5.41) is 9.58. The van der Waals surface area contributed by atoms with Gasteiger partial charge in [-0.05, 0) is 46.3 Å². The van der Waals surface area contributed by atoms with Gasteiger partial charge in [-0.3, -0.25) is 4.90 Å². The number of nitriles is 1. The summed E-state index contributed by atoms with van der Waals surface area (Å²) in [4.78, 5) is 4.79. The monoisotopic (exact) mass is 221 g/mol. The van der Waals surface area contributed by atoms with Gasteiger partial charge in [0.05, 0.1) is 6.07 Å². The highest BCUT2D eigenvalue weighted by atomic mass is 15.3. The van der Waals surface area contributed by atoms with Gasteiger partial charge in [-0.25, -0.2) is 0 Å². The Morgan fingerprint density at radius 2 is 1.81 bits per heavy atom. The van der Waals surface area contributed by atoms with Gasteiger partial charge < -0.3 is 4.90 Å². The summed E-state index contributed by atoms with van der Waals surface area (Å²) in [5.74, 6) is 0. The minimum absolute atomic E-state index is 0.196. The van der Waals surface area contributed by atoms with Crippen molar-refractivity contribution in [1.82, 2.24) is 9.80 Å². The first-order chi connectivity index (χ1) is 7.68. The van der Waals surface area contributed by atoms with E-state index in [9.17, 15) is 5.26 Å². The molecule has 2 saturated heterocycles. The second kappa shape index (κ2) is 4.73. The molecule has 90 valence electrons. The first kappa shape index (κ1) is 11.9. The van der Waals surface area contributed by atoms with Crippen LogP contribution in [0.4, 0.5) is 0 Å². The Morgan fingerprint density at radius 3 is 2.25 bits per heavy atom. The van der Waals surface area contributed by atoms with Crippen molar-refractivity contribution >= 4 is 0 Å². The van der Waals surface area contributed by atoms with Crippen LogP contribution in [0.25, 0.3) is 0 Å². The molecule has 16 heavy (non-hydrogen) atoms. The van der Waals surface area contributed by atoms with E-state index in [0.717, 1.165) is 26.1 Å². The molecule has 0 radical (unpaired) electrons. The molecule has 2 aliphatic rings. The molecule has 0 N–H and O–H groups in total. The van der Waals surface area contributed by atoms with Crippen molar-refractivity contribution in [2.45, 2.75) is 50.6 Å². The molecule has 2 rings (SSSR count). The van der Waals surface area contributed by atoms with Gasteiger partial charge in [0.25, 0.3) is 0 Å². The second-order valence-corrected chi connectivity index (χ2v) is 5.51. The van der Waals surface area contributed by atoms with Crippen molar-refractivity contribution in [3.63, 3.8) is 0 Å². The molecule has 3 heteroatoms. The van der Waals surface area contributed by atoms with E-state index in [0.29, 0.717) is 6.04 Å². The van der Waals surface area contributed by atoms with E-state index in [-0.39, 0.29) is 5.54 Å². The molecule has 0 aromatic heterocycles. The standard InChI is InChI=1S/C13H23N3/c1-12-9-13(10-14,11-15(12)2)16-7-5-3-4-6-8-16/h12H,3-9,11H2,1-2H3. The Balaban J connectivity index is 2.12. The normalized spacial score (nSPS) is 38.2. The van der Waals surface area contributed by atoms with Crippen molar-refractivity contribution in [1.29, 1.82) is 5.26 Å². The van der Waals surface area contributed by atoms with Crippen molar-refractivity contribution < 1.29 is 0 Å². The van der Waals surface area contributed by atoms with E-state index in [1.54, 1.807) is 0 Å². The first-order valence-electron chi connectivity index (χ1n) is 6.54. The van der Waals surface area contributed by atoms with Gasteiger partial charge in [0.1, 0.15) is 5.54 Å². The average Bonchev–Trinajstić information content (AvgIpc) is 2.51. The Kier molecular flexibility index (Phi) is 3.51. The van der Waals surface area contributed by atoms with E-state index >= 15 is 0 Å². The lowest BCUT2D eigenvalue weighted by Gasteiger charge is -2.34. The zero-order valence-corrected chi connectivity index (χ0v) is 10.6. The van der Waals surface area contributed by atoms with Crippen LogP contribution in [0, 0.1) is 11.3 Å². The molecule has 2 aliphatic heterocycles. The van der Waals surface area contributed by atoms with Gasteiger partial charge in [0, 0.05) is 12.6 Å². The third kappa shape index (κ3) is 2.09. The van der Waals surface area contributed by atoms with Crippen LogP contribution in [0.3, 0.4) is 0 Å². The van der Waals surface area contributed by atoms with Crippen LogP contribution in [0.2, 0.25) is 0 Å². The van der Waals surface area contributed by atoms with Crippen LogP contribution in [0.5, 0.6) is 0 Å². The van der Waals surface area contributed by atoms with Gasteiger partial charge in [-0.2, -0.15) is 5.26 Å². The Hall–Kier alpha value is -0.590. The van der Waals surface area contributed by atoms with E-state index in [1.165, 1.54) is 25.7 Å². The minimum Gasteiger partial charge on any atom is -0.301 e. The molecule has 0 saturated carbocycles. The topological polar surface area (TPSA) is 30.3 Å². The van der Waals surface area contributed by atoms with Crippen LogP contribution in [-0.2, 0) is 0 Å². The van der Waals surface area contributed by atoms with Gasteiger partial charge in [-0.1, -0.05) is 12.8 Å². The summed E-state index contributed by atoms with van der Waals surface area (Å²) in [6.07, 6.45) is 6.22. The number of likely N-dealkylation sites (N-methyl/N-ethyl adjacent to an activating group) is 1. The first-order valence-corrected chi connectivity index (χ1v) is 6.54. The minimum atomic E-state index is -0.196. The molecule has 0 aliphatic carbocycles. The summed E-state index contributed by atoms with van der Waals surface area (Å²) in [6.45, 7) is 5.39. The smallest absolute Gasteiger partial charge is 0.123 e. The Bertz CT molecular complexity index is 263. The molecule has 0 aromatic carbocycles. The zero-order valence-electron chi connectivity index (χ0n) is 10.6. The lowest BCUT2D eigenvalue weighted by molar-refractivity contribution is 0.148. The van der Waals surface area contributed by atoms with Crippen LogP contribution in [0.1, 0.15) is 39.0 Å². The molecule has 0 bridgehead atoms. The van der Waals surface area contributed by atoms with E-state index < -0.39 is 0 Å². The molecule has 3 nitrogen and oxygen atoms in total. The summed E-state index contributed by atoms with van der Waals surface area (Å²) in [6, 6.07) is 3.16. The third-order valence-corrected chi connectivity index (χ3v) is 4.32. The van der Waals surface area contributed by atoms with Gasteiger partial charge in [0.15, 0.2) is 0 Å². The molecule has 0 spiro atoms. The van der Waals surface area contributed by atoms with Crippen molar-refractivity contribution in [3.05, 3.63) is 0 Å². The Labute approximate surface area is 99.0 Å². The third-order valence-electron chi connectivity index (χ3n) is 4.32. The van der Waals surface area contributed by atoms with Crippen molar-refractivity contribution in [2.24, 2.45) is 0 Å². The summed E-state index contributed by atoms with van der Waals surface area (Å²) < 4.78 is 0. The SMILES string of the molecule is CC1CC(C#N)(N2CCCCCC2)CN1C. The molecule has 2 heterocycles. The fourth-order valence-electron chi connectivity index (χ4n) is 3.16. The summed E-state index contributed by atoms with van der Waals surface area (Å²) in [5.41, 5.74) is -0.196. The van der Waals surface area contributed by atoms with Crippen LogP contribution >= 0.6 is 0 Å². The number of hydrogen-bond acceptors (Lipinski definition) is 3. The predicted molar refractivity (Wildman–Crippen MR) is 65.1 cm³/mol. The number of hydrogen-bond donors (Lipinski definition) is 0. The van der Waals surface area contributed by atoms with E-state index in [2.05, 4.69) is 29.8 Å². The highest BCUT2D eigenvalue weighted by molar-refractivity contribution is 5.15. The molecular formula is C13H23N3. The molecule has 2 unspecified atom stereocenters. The second-order valence-electron chi connectivity index (χ2n) is 5.51. The number of likely N-dealkylation sites (tertiary alicyclic amines) is 2. The summed E-state index contributed by atoms with van der Waals surface area (Å²) >= 11 is 0. The highest BCUT2D eigenvalue weighted by Crippen LogP contribution is 2.32. The van der Waals surface area contributed by atoms with E-state index in [1.807, 2.05) is 0 Å². The lowest BCUT2D eigenvalue weighted by Crippen LogP contribution is -2.49. The van der Waals surface area contributed by atoms with Crippen LogP contribution in [0.15, 0.2) is 0 Å². The lowest BCUT2D eigenvalue weighted by atomic mass is 9.95. The van der Waals surface area contributed by atoms with Gasteiger partial charge in [-0.15, -0.1) is 0 Å². The van der Waals surface area contributed by atoms with Gasteiger partial charge in [0.2, 0.25) is 0 Å². The van der Waals surface area contributed by atoms with E-state index in [4.69, 9.17) is 0 Å². The summed E-state index contributed by atoms with van der Waals surface area (Å²) in [7, 11) is 2.14. The van der Waals surface area contributed by atoms with Crippen LogP contribution < -0.4 is 0 Å². The zero-order chi connectivity index (χ0) is 11.6. The molecule has 2 atom stereocenters. The maximum Gasteiger partial charge on any atom is 0.123 e. The molecular weight excluding hydrogens is 198 g/mol. The Morgan fingerprint density at radius 1 is 1.19 bits per heavy atom. The van der Waals surface area contributed by atoms with Crippen molar-refractivity contribution in [2.75, 3.05) is 26.7 Å². The predicted octanol–water partition coefficient (Wildman–Crippen LogP) is 1.85. The molecule has 0 amide bonds. The highest BCUT2D eigenvalue weighted by Gasteiger charge is 2.45. The van der Waals surface area contributed by atoms with Gasteiger partial charge >= 0.3 is 0 Å². The molecule has 2 fully saturated rings. The average molecular weight is 221 g/mol. The van der Waals surface area contributed by atoms with Crippen LogP contribution in [-0.4, -0.2) is 48.1 Å². The fraction of sp³-hybridized carbons (Fsp3) is 0.923. The number of rotatable bonds is 1. The molecule has 0 aromatic rings. The van der Waals surface area contributed by atoms with Crippen molar-refractivity contribution in [3.8, 4) is 6.07 Å². The number of nitrogens with zero attached hydrogens (tertiary/aromatic N) is 3. The maximum atomic E-state index is 9.58. The fourth-order valence-corrected chi connectivity index (χ4v) is 3.16. The maximum absolute atomic E-state index is 9.58.